The predicted octanol–water partition coefficient (Wildman–Crippen LogP) is 7.32. The number of pyridine rings is 2. The molecule has 0 fully saturated rings. The lowest BCUT2D eigenvalue weighted by Gasteiger charge is -2.38. The van der Waals surface area contributed by atoms with Gasteiger partial charge in [-0.15, -0.1) is 0 Å². The Morgan fingerprint density at radius 2 is 1.64 bits per heavy atom. The Labute approximate surface area is 289 Å². The summed E-state index contributed by atoms with van der Waals surface area (Å²) < 4.78 is 4.88. The van der Waals surface area contributed by atoms with Crippen LogP contribution in [-0.2, 0) is 29.1 Å². The number of rotatable bonds is 10. The second kappa shape index (κ2) is 15.2. The summed E-state index contributed by atoms with van der Waals surface area (Å²) >= 11 is 2.34. The van der Waals surface area contributed by atoms with Gasteiger partial charge in [0.15, 0.2) is 0 Å². The maximum atomic E-state index is 14.7. The molecule has 3 aromatic carbocycles. The van der Waals surface area contributed by atoms with E-state index in [2.05, 4.69) is 44.7 Å². The van der Waals surface area contributed by atoms with Crippen LogP contribution in [0.1, 0.15) is 31.7 Å². The summed E-state index contributed by atoms with van der Waals surface area (Å²) in [5.41, 5.74) is 6.91. The van der Waals surface area contributed by atoms with Crippen molar-refractivity contribution in [3.63, 3.8) is 0 Å². The fourth-order valence-electron chi connectivity index (χ4n) is 5.81. The zero-order valence-corrected chi connectivity index (χ0v) is 28.2. The molecule has 6 rings (SSSR count). The number of halogens is 1. The minimum absolute atomic E-state index is 0.0688. The normalized spacial score (nSPS) is 13.9. The molecule has 0 bridgehead atoms. The quantitative estimate of drug-likeness (QED) is 0.0855. The Kier molecular flexibility index (Phi) is 10.4. The van der Waals surface area contributed by atoms with Crippen molar-refractivity contribution < 1.29 is 14.3 Å². The van der Waals surface area contributed by atoms with Crippen molar-refractivity contribution in [1.82, 2.24) is 19.8 Å². The Hall–Kier alpha value is -4.83. The average Bonchev–Trinajstić information content (AvgIpc) is 3.14. The molecular formula is C39H35IN4O3. The van der Waals surface area contributed by atoms with Crippen LogP contribution in [0.4, 0.5) is 0 Å². The average molecular weight is 735 g/mol. The van der Waals surface area contributed by atoms with E-state index in [1.54, 1.807) is 36.5 Å². The molecule has 8 heteroatoms. The number of alkyl halides is 1. The SMILES string of the molecule is COc1ccc(C=CC(=O)N(Cc2ccc(-c3ccccn3)cc2)C(C(=O)N2CCc3ccccc3C2)C(I)c2ccccc2)cn1. The molecule has 0 aliphatic carbocycles. The molecule has 2 amide bonds. The van der Waals surface area contributed by atoms with Gasteiger partial charge in [0.1, 0.15) is 6.04 Å². The van der Waals surface area contributed by atoms with Crippen molar-refractivity contribution >= 4 is 40.5 Å². The number of carbonyl (C=O) groups excluding carboxylic acids is 2. The molecule has 236 valence electrons. The molecular weight excluding hydrogens is 699 g/mol. The summed E-state index contributed by atoms with van der Waals surface area (Å²) in [7, 11) is 1.56. The number of carbonyl (C=O) groups is 2. The van der Waals surface area contributed by atoms with Crippen molar-refractivity contribution in [1.29, 1.82) is 0 Å². The third-order valence-corrected chi connectivity index (χ3v) is 9.76. The van der Waals surface area contributed by atoms with Gasteiger partial charge < -0.3 is 14.5 Å². The van der Waals surface area contributed by atoms with E-state index in [9.17, 15) is 9.59 Å². The molecule has 0 saturated heterocycles. The maximum Gasteiger partial charge on any atom is 0.247 e. The highest BCUT2D eigenvalue weighted by Crippen LogP contribution is 2.34. The molecule has 1 aliphatic heterocycles. The van der Waals surface area contributed by atoms with Crippen molar-refractivity contribution in [2.45, 2.75) is 29.5 Å². The van der Waals surface area contributed by atoms with E-state index in [1.807, 2.05) is 95.9 Å². The van der Waals surface area contributed by atoms with Gasteiger partial charge in [0.2, 0.25) is 17.7 Å². The van der Waals surface area contributed by atoms with Crippen molar-refractivity contribution in [2.24, 2.45) is 0 Å². The van der Waals surface area contributed by atoms with E-state index in [4.69, 9.17) is 4.74 Å². The van der Waals surface area contributed by atoms with Gasteiger partial charge in [0.25, 0.3) is 0 Å². The number of benzene rings is 3. The number of hydrogen-bond donors (Lipinski definition) is 0. The van der Waals surface area contributed by atoms with E-state index in [0.717, 1.165) is 39.9 Å². The fraction of sp³-hybridized carbons (Fsp3) is 0.179. The number of fused-ring (bicyclic) bond motifs is 1. The number of nitrogens with zero attached hydrogens (tertiary/aromatic N) is 4. The molecule has 1 aliphatic rings. The largest absolute Gasteiger partial charge is 0.481 e. The van der Waals surface area contributed by atoms with Gasteiger partial charge in [0, 0.05) is 49.7 Å². The van der Waals surface area contributed by atoms with Crippen LogP contribution in [-0.4, -0.2) is 51.3 Å². The first-order valence-corrected chi connectivity index (χ1v) is 16.8. The van der Waals surface area contributed by atoms with Crippen LogP contribution in [0.2, 0.25) is 0 Å². The molecule has 5 aromatic rings. The molecule has 2 atom stereocenters. The summed E-state index contributed by atoms with van der Waals surface area (Å²) in [6.07, 6.45) is 7.47. The van der Waals surface area contributed by atoms with Crippen LogP contribution in [0.5, 0.6) is 5.88 Å². The van der Waals surface area contributed by atoms with Crippen molar-refractivity contribution in [3.8, 4) is 17.1 Å². The molecule has 47 heavy (non-hydrogen) atoms. The van der Waals surface area contributed by atoms with E-state index in [1.165, 1.54) is 11.6 Å². The monoisotopic (exact) mass is 734 g/mol. The van der Waals surface area contributed by atoms with E-state index in [-0.39, 0.29) is 22.3 Å². The molecule has 0 spiro atoms. The first kappa shape index (κ1) is 32.1. The zero-order valence-electron chi connectivity index (χ0n) is 26.1. The zero-order chi connectivity index (χ0) is 32.6. The van der Waals surface area contributed by atoms with Gasteiger partial charge in [-0.25, -0.2) is 4.98 Å². The van der Waals surface area contributed by atoms with Crippen LogP contribution in [0.15, 0.2) is 128 Å². The third-order valence-electron chi connectivity index (χ3n) is 8.36. The molecule has 3 heterocycles. The lowest BCUT2D eigenvalue weighted by atomic mass is 9.97. The molecule has 0 radical (unpaired) electrons. The highest BCUT2D eigenvalue weighted by atomic mass is 127. The Morgan fingerprint density at radius 1 is 0.894 bits per heavy atom. The number of hydrogen-bond acceptors (Lipinski definition) is 5. The third kappa shape index (κ3) is 7.77. The second-order valence-corrected chi connectivity index (χ2v) is 12.7. The first-order valence-electron chi connectivity index (χ1n) is 15.5. The molecule has 2 aromatic heterocycles. The van der Waals surface area contributed by atoms with Crippen LogP contribution in [0.25, 0.3) is 17.3 Å². The summed E-state index contributed by atoms with van der Waals surface area (Å²) in [5.74, 6) is 0.164. The number of amides is 2. The fourth-order valence-corrected chi connectivity index (χ4v) is 6.92. The number of ether oxygens (including phenoxy) is 1. The summed E-state index contributed by atoms with van der Waals surface area (Å²) in [4.78, 5) is 41.4. The molecule has 0 saturated carbocycles. The molecule has 7 nitrogen and oxygen atoms in total. The van der Waals surface area contributed by atoms with Crippen LogP contribution >= 0.6 is 22.6 Å². The van der Waals surface area contributed by atoms with Gasteiger partial charge >= 0.3 is 0 Å². The first-order chi connectivity index (χ1) is 23.0. The Morgan fingerprint density at radius 3 is 2.34 bits per heavy atom. The minimum Gasteiger partial charge on any atom is -0.481 e. The second-order valence-electron chi connectivity index (χ2n) is 11.4. The number of aromatic nitrogens is 2. The highest BCUT2D eigenvalue weighted by Gasteiger charge is 2.39. The van der Waals surface area contributed by atoms with Crippen molar-refractivity contribution in [3.05, 3.63) is 155 Å². The van der Waals surface area contributed by atoms with E-state index in [0.29, 0.717) is 19.0 Å². The van der Waals surface area contributed by atoms with Crippen LogP contribution < -0.4 is 4.74 Å². The Balaban J connectivity index is 1.37. The number of methoxy groups -OCH3 is 1. The smallest absolute Gasteiger partial charge is 0.247 e. The lowest BCUT2D eigenvalue weighted by molar-refractivity contribution is -0.144. The topological polar surface area (TPSA) is 75.6 Å². The summed E-state index contributed by atoms with van der Waals surface area (Å²) in [6, 6.07) is 34.9. The standard InChI is InChI=1S/C39H35IN4O3/c1-47-35-20-16-28(25-42-35)17-21-36(45)44(26-29-14-18-31(19-15-29)34-13-7-8-23-41-34)38(37(40)32-10-3-2-4-11-32)39(46)43-24-22-30-9-5-6-12-33(30)27-43/h2-21,23,25,37-38H,22,24,26-27H2,1H3. The van der Waals surface area contributed by atoms with Gasteiger partial charge in [-0.1, -0.05) is 108 Å². The minimum atomic E-state index is -0.759. The lowest BCUT2D eigenvalue weighted by Crippen LogP contribution is -2.53. The van der Waals surface area contributed by atoms with Gasteiger partial charge in [-0.3, -0.25) is 14.6 Å². The van der Waals surface area contributed by atoms with Gasteiger partial charge in [0.05, 0.1) is 16.7 Å². The molecule has 2 unspecified atom stereocenters. The van der Waals surface area contributed by atoms with Crippen LogP contribution in [0.3, 0.4) is 0 Å². The predicted molar refractivity (Wildman–Crippen MR) is 193 cm³/mol. The van der Waals surface area contributed by atoms with Gasteiger partial charge in [-0.2, -0.15) is 0 Å². The van der Waals surface area contributed by atoms with Gasteiger partial charge in [-0.05, 0) is 58.5 Å². The van der Waals surface area contributed by atoms with E-state index < -0.39 is 6.04 Å². The van der Waals surface area contributed by atoms with Crippen LogP contribution in [0, 0.1) is 0 Å². The van der Waals surface area contributed by atoms with Crippen molar-refractivity contribution in [2.75, 3.05) is 13.7 Å². The molecule has 0 N–H and O–H groups in total. The highest BCUT2D eigenvalue weighted by molar-refractivity contribution is 14.1. The summed E-state index contributed by atoms with van der Waals surface area (Å²) in [6.45, 7) is 1.36. The summed E-state index contributed by atoms with van der Waals surface area (Å²) in [5, 5.41) is 0. The van der Waals surface area contributed by atoms with E-state index >= 15 is 0 Å². The Bertz CT molecular complexity index is 1830. The maximum absolute atomic E-state index is 14.7.